The van der Waals surface area contributed by atoms with Crippen LogP contribution in [0.3, 0.4) is 0 Å². The zero-order chi connectivity index (χ0) is 20.4. The first-order valence-corrected chi connectivity index (χ1v) is 9.82. The van der Waals surface area contributed by atoms with Crippen LogP contribution in [0.5, 0.6) is 0 Å². The summed E-state index contributed by atoms with van der Waals surface area (Å²) in [7, 11) is 3.51. The van der Waals surface area contributed by atoms with E-state index in [1.807, 2.05) is 60.3 Å². The van der Waals surface area contributed by atoms with E-state index in [1.54, 1.807) is 4.90 Å². The minimum atomic E-state index is -0.0770. The molecule has 4 rings (SSSR count). The Morgan fingerprint density at radius 1 is 1.17 bits per heavy atom. The number of benzene rings is 2. The van der Waals surface area contributed by atoms with Crippen LogP contribution in [0.4, 0.5) is 11.4 Å². The lowest BCUT2D eigenvalue weighted by atomic mass is 10.0. The number of carbonyl (C=O) groups excluding carboxylic acids is 2. The van der Waals surface area contributed by atoms with Crippen LogP contribution < -0.4 is 10.2 Å². The fraction of sp³-hybridized carbons (Fsp3) is 0.304. The van der Waals surface area contributed by atoms with Crippen molar-refractivity contribution in [2.75, 3.05) is 30.5 Å². The lowest BCUT2D eigenvalue weighted by molar-refractivity contribution is -0.122. The number of hydrogen-bond donors (Lipinski definition) is 1. The predicted molar refractivity (Wildman–Crippen MR) is 114 cm³/mol. The van der Waals surface area contributed by atoms with E-state index in [2.05, 4.69) is 5.32 Å². The topological polar surface area (TPSA) is 63.6 Å². The van der Waals surface area contributed by atoms with E-state index in [0.29, 0.717) is 18.7 Å². The van der Waals surface area contributed by atoms with E-state index in [-0.39, 0.29) is 18.4 Å². The lowest BCUT2D eigenvalue weighted by Gasteiger charge is -2.29. The van der Waals surface area contributed by atoms with Gasteiger partial charge in [0.05, 0.1) is 6.42 Å². The summed E-state index contributed by atoms with van der Waals surface area (Å²) in [6.07, 6.45) is 4.15. The van der Waals surface area contributed by atoms with E-state index in [1.165, 1.54) is 7.11 Å². The molecule has 6 heteroatoms. The Kier molecular flexibility index (Phi) is 5.36. The molecule has 0 saturated heterocycles. The van der Waals surface area contributed by atoms with Gasteiger partial charge in [-0.2, -0.15) is 0 Å². The molecule has 0 spiro atoms. The van der Waals surface area contributed by atoms with Crippen LogP contribution in [0.1, 0.15) is 17.5 Å². The summed E-state index contributed by atoms with van der Waals surface area (Å²) >= 11 is 0. The summed E-state index contributed by atoms with van der Waals surface area (Å²) < 4.78 is 7.05. The van der Waals surface area contributed by atoms with Gasteiger partial charge in [0, 0.05) is 49.2 Å². The summed E-state index contributed by atoms with van der Waals surface area (Å²) in [4.78, 5) is 26.8. The molecule has 1 aliphatic heterocycles. The van der Waals surface area contributed by atoms with Crippen molar-refractivity contribution in [3.63, 3.8) is 0 Å². The Morgan fingerprint density at radius 2 is 2.00 bits per heavy atom. The Hall–Kier alpha value is -3.12. The SMILES string of the molecule is COCC(=O)N1CCCc2ccc(NC(=O)Cc3cn(C)c4ccccc34)cc21. The van der Waals surface area contributed by atoms with Crippen LogP contribution in [-0.4, -0.2) is 36.6 Å². The molecule has 0 atom stereocenters. The maximum absolute atomic E-state index is 12.7. The van der Waals surface area contributed by atoms with Crippen LogP contribution in [0, 0.1) is 0 Å². The number of hydrogen-bond acceptors (Lipinski definition) is 3. The Bertz CT molecular complexity index is 1070. The summed E-state index contributed by atoms with van der Waals surface area (Å²) in [6.45, 7) is 0.722. The molecule has 0 radical (unpaired) electrons. The number of rotatable bonds is 5. The maximum atomic E-state index is 12.7. The van der Waals surface area contributed by atoms with Crippen molar-refractivity contribution in [3.8, 4) is 0 Å². The number of fused-ring (bicyclic) bond motifs is 2. The Labute approximate surface area is 170 Å². The first kappa shape index (κ1) is 19.2. The predicted octanol–water partition coefficient (Wildman–Crippen LogP) is 3.29. The van der Waals surface area contributed by atoms with Gasteiger partial charge in [0.15, 0.2) is 0 Å². The fourth-order valence-electron chi connectivity index (χ4n) is 4.06. The summed E-state index contributed by atoms with van der Waals surface area (Å²) in [5.74, 6) is -0.139. The highest BCUT2D eigenvalue weighted by atomic mass is 16.5. The van der Waals surface area contributed by atoms with Gasteiger partial charge in [-0.3, -0.25) is 9.59 Å². The van der Waals surface area contributed by atoms with Gasteiger partial charge in [-0.25, -0.2) is 0 Å². The maximum Gasteiger partial charge on any atom is 0.252 e. The van der Waals surface area contributed by atoms with E-state index in [9.17, 15) is 9.59 Å². The normalized spacial score (nSPS) is 13.4. The number of aryl methyl sites for hydroxylation is 2. The molecule has 0 saturated carbocycles. The molecule has 0 bridgehead atoms. The standard InChI is InChI=1S/C23H25N3O3/c1-25-14-17(19-7-3-4-8-20(19)25)12-22(27)24-18-10-9-16-6-5-11-26(21(16)13-18)23(28)15-29-2/h3-4,7-10,13-14H,5-6,11-12,15H2,1-2H3,(H,24,27). The number of nitrogens with zero attached hydrogens (tertiary/aromatic N) is 2. The molecule has 2 amide bonds. The van der Waals surface area contributed by atoms with E-state index >= 15 is 0 Å². The van der Waals surface area contributed by atoms with Crippen LogP contribution in [0.2, 0.25) is 0 Å². The van der Waals surface area contributed by atoms with Gasteiger partial charge in [-0.15, -0.1) is 0 Å². The van der Waals surface area contributed by atoms with E-state index < -0.39 is 0 Å². The van der Waals surface area contributed by atoms with Gasteiger partial charge in [-0.1, -0.05) is 24.3 Å². The first-order valence-electron chi connectivity index (χ1n) is 9.82. The van der Waals surface area contributed by atoms with Gasteiger partial charge in [-0.05, 0) is 42.2 Å². The number of amides is 2. The van der Waals surface area contributed by atoms with E-state index in [4.69, 9.17) is 4.74 Å². The fourth-order valence-corrected chi connectivity index (χ4v) is 4.06. The number of para-hydroxylation sites is 1. The summed E-state index contributed by atoms with van der Waals surface area (Å²) in [5.41, 5.74) is 4.78. The number of aromatic nitrogens is 1. The molecule has 1 aromatic heterocycles. The number of anilines is 2. The third kappa shape index (κ3) is 3.89. The molecule has 0 aliphatic carbocycles. The smallest absolute Gasteiger partial charge is 0.252 e. The van der Waals surface area contributed by atoms with Crippen LogP contribution in [0.25, 0.3) is 10.9 Å². The third-order valence-electron chi connectivity index (χ3n) is 5.39. The third-order valence-corrected chi connectivity index (χ3v) is 5.39. The van der Waals surface area contributed by atoms with Crippen molar-refractivity contribution < 1.29 is 14.3 Å². The van der Waals surface area contributed by atoms with Crippen molar-refractivity contribution in [1.82, 2.24) is 4.57 Å². The van der Waals surface area contributed by atoms with Crippen molar-refractivity contribution in [2.45, 2.75) is 19.3 Å². The monoisotopic (exact) mass is 391 g/mol. The second-order valence-electron chi connectivity index (χ2n) is 7.43. The summed E-state index contributed by atoms with van der Waals surface area (Å²) in [6, 6.07) is 13.9. The molecule has 150 valence electrons. The van der Waals surface area contributed by atoms with Crippen molar-refractivity contribution >= 4 is 34.1 Å². The van der Waals surface area contributed by atoms with E-state index in [0.717, 1.165) is 40.6 Å². The molecule has 2 aromatic carbocycles. The van der Waals surface area contributed by atoms with Crippen molar-refractivity contribution in [3.05, 3.63) is 59.8 Å². The number of carbonyl (C=O) groups is 2. The number of methoxy groups -OCH3 is 1. The average Bonchev–Trinajstić information content (AvgIpc) is 3.03. The molecule has 1 N–H and O–H groups in total. The molecule has 0 fully saturated rings. The quantitative estimate of drug-likeness (QED) is 0.726. The summed E-state index contributed by atoms with van der Waals surface area (Å²) in [5, 5.41) is 4.08. The van der Waals surface area contributed by atoms with Crippen LogP contribution in [-0.2, 0) is 34.2 Å². The highest BCUT2D eigenvalue weighted by Gasteiger charge is 2.23. The Morgan fingerprint density at radius 3 is 2.83 bits per heavy atom. The highest BCUT2D eigenvalue weighted by molar-refractivity contribution is 5.99. The molecule has 3 aromatic rings. The van der Waals surface area contributed by atoms with Gasteiger partial charge < -0.3 is 19.5 Å². The van der Waals surface area contributed by atoms with Gasteiger partial charge in [0.2, 0.25) is 5.91 Å². The van der Waals surface area contributed by atoms with Gasteiger partial charge >= 0.3 is 0 Å². The minimum absolute atomic E-state index is 0.0527. The second kappa shape index (κ2) is 8.09. The molecule has 0 unspecified atom stereocenters. The zero-order valence-electron chi connectivity index (χ0n) is 16.8. The molecule has 29 heavy (non-hydrogen) atoms. The molecular weight excluding hydrogens is 366 g/mol. The van der Waals surface area contributed by atoms with Gasteiger partial charge in [0.1, 0.15) is 6.61 Å². The molecule has 2 heterocycles. The molecular formula is C23H25N3O3. The largest absolute Gasteiger partial charge is 0.375 e. The zero-order valence-corrected chi connectivity index (χ0v) is 16.8. The minimum Gasteiger partial charge on any atom is -0.375 e. The molecule has 6 nitrogen and oxygen atoms in total. The average molecular weight is 391 g/mol. The number of ether oxygens (including phenoxy) is 1. The van der Waals surface area contributed by atoms with Crippen molar-refractivity contribution in [1.29, 1.82) is 0 Å². The van der Waals surface area contributed by atoms with Gasteiger partial charge in [0.25, 0.3) is 5.91 Å². The van der Waals surface area contributed by atoms with Crippen LogP contribution >= 0.6 is 0 Å². The lowest BCUT2D eigenvalue weighted by Crippen LogP contribution is -2.37. The van der Waals surface area contributed by atoms with Crippen molar-refractivity contribution in [2.24, 2.45) is 7.05 Å². The number of nitrogens with one attached hydrogen (secondary N) is 1. The highest BCUT2D eigenvalue weighted by Crippen LogP contribution is 2.30. The Balaban J connectivity index is 1.53. The first-order chi connectivity index (χ1) is 14.1. The second-order valence-corrected chi connectivity index (χ2v) is 7.43. The van der Waals surface area contributed by atoms with Crippen LogP contribution in [0.15, 0.2) is 48.7 Å². The molecule has 1 aliphatic rings.